The molecule has 1 aliphatic heterocycles. The summed E-state index contributed by atoms with van der Waals surface area (Å²) in [5.41, 5.74) is 5.47. The molecule has 2 aromatic carbocycles. The summed E-state index contributed by atoms with van der Waals surface area (Å²) in [7, 11) is 0. The number of Topliss-reactive ketones (excluding diaryl/α,β-unsaturated/α-hetero) is 1. The van der Waals surface area contributed by atoms with E-state index in [-0.39, 0.29) is 5.78 Å². The van der Waals surface area contributed by atoms with Gasteiger partial charge in [-0.15, -0.1) is 0 Å². The molecule has 33 heavy (non-hydrogen) atoms. The summed E-state index contributed by atoms with van der Waals surface area (Å²) < 4.78 is 2.04. The zero-order chi connectivity index (χ0) is 22.5. The Kier molecular flexibility index (Phi) is 6.58. The van der Waals surface area contributed by atoms with Gasteiger partial charge in [0.05, 0.1) is 16.9 Å². The van der Waals surface area contributed by atoms with Gasteiger partial charge < -0.3 is 4.90 Å². The van der Waals surface area contributed by atoms with Crippen LogP contribution in [-0.4, -0.2) is 45.1 Å². The van der Waals surface area contributed by atoms with Crippen molar-refractivity contribution in [3.63, 3.8) is 0 Å². The molecule has 5 rings (SSSR count). The second-order valence-corrected chi connectivity index (χ2v) is 8.92. The first-order chi connectivity index (χ1) is 16.3. The van der Waals surface area contributed by atoms with E-state index in [2.05, 4.69) is 58.4 Å². The van der Waals surface area contributed by atoms with Gasteiger partial charge in [0, 0.05) is 43.6 Å². The molecule has 0 saturated carbocycles. The molecule has 2 aromatic heterocycles. The molecule has 168 valence electrons. The molecule has 0 radical (unpaired) electrons. The summed E-state index contributed by atoms with van der Waals surface area (Å²) in [6.45, 7) is 3.49. The van der Waals surface area contributed by atoms with E-state index in [1.165, 1.54) is 31.3 Å². The number of aromatic nitrogens is 3. The molecule has 0 amide bonds. The van der Waals surface area contributed by atoms with Crippen molar-refractivity contribution in [1.29, 1.82) is 0 Å². The van der Waals surface area contributed by atoms with Crippen LogP contribution in [-0.2, 0) is 24.1 Å². The quantitative estimate of drug-likeness (QED) is 0.377. The average Bonchev–Trinajstić information content (AvgIpc) is 3.51. The second kappa shape index (κ2) is 10.1. The number of rotatable bonds is 9. The van der Waals surface area contributed by atoms with Gasteiger partial charge in [0.1, 0.15) is 5.78 Å². The van der Waals surface area contributed by atoms with Crippen LogP contribution in [0.25, 0.3) is 16.6 Å². The fourth-order valence-corrected chi connectivity index (χ4v) is 4.68. The van der Waals surface area contributed by atoms with Gasteiger partial charge in [-0.25, -0.2) is 4.68 Å². The van der Waals surface area contributed by atoms with Gasteiger partial charge in [-0.05, 0) is 67.7 Å². The van der Waals surface area contributed by atoms with Crippen LogP contribution in [0.3, 0.4) is 0 Å². The Morgan fingerprint density at radius 3 is 2.48 bits per heavy atom. The third kappa shape index (κ3) is 5.20. The van der Waals surface area contributed by atoms with Gasteiger partial charge in [0.15, 0.2) is 0 Å². The zero-order valence-corrected chi connectivity index (χ0v) is 19.0. The molecule has 1 aliphatic rings. The maximum Gasteiger partial charge on any atom is 0.137 e. The van der Waals surface area contributed by atoms with Crippen molar-refractivity contribution < 1.29 is 4.79 Å². The highest BCUT2D eigenvalue weighted by molar-refractivity contribution is 5.84. The molecule has 5 heteroatoms. The van der Waals surface area contributed by atoms with Gasteiger partial charge in [-0.1, -0.05) is 36.4 Å². The van der Waals surface area contributed by atoms with E-state index in [1.807, 2.05) is 23.0 Å². The summed E-state index contributed by atoms with van der Waals surface area (Å²) in [4.78, 5) is 19.1. The summed E-state index contributed by atoms with van der Waals surface area (Å²) >= 11 is 0. The maximum atomic E-state index is 12.5. The first-order valence-electron chi connectivity index (χ1n) is 12.0. The Morgan fingerprint density at radius 1 is 0.879 bits per heavy atom. The number of benzene rings is 2. The van der Waals surface area contributed by atoms with Gasteiger partial charge in [-0.3, -0.25) is 9.78 Å². The Labute approximate surface area is 195 Å². The van der Waals surface area contributed by atoms with Crippen molar-refractivity contribution in [2.45, 2.75) is 38.5 Å². The van der Waals surface area contributed by atoms with E-state index < -0.39 is 0 Å². The molecular formula is C28H30N4O. The van der Waals surface area contributed by atoms with Crippen molar-refractivity contribution in [3.05, 3.63) is 89.9 Å². The van der Waals surface area contributed by atoms with Crippen LogP contribution in [0, 0.1) is 0 Å². The van der Waals surface area contributed by atoms with Crippen LogP contribution >= 0.6 is 0 Å². The predicted octanol–water partition coefficient (Wildman–Crippen LogP) is 4.80. The smallest absolute Gasteiger partial charge is 0.137 e. The number of carbonyl (C=O) groups is 1. The summed E-state index contributed by atoms with van der Waals surface area (Å²) in [6, 6.07) is 20.7. The lowest BCUT2D eigenvalue weighted by Gasteiger charge is -2.13. The number of likely N-dealkylation sites (tertiary alicyclic amines) is 1. The lowest BCUT2D eigenvalue weighted by Crippen LogP contribution is -2.22. The normalized spacial score (nSPS) is 14.2. The van der Waals surface area contributed by atoms with Crippen molar-refractivity contribution in [2.24, 2.45) is 0 Å². The standard InChI is InChI=1S/C28H30N4O/c33-25(14-11-23-6-5-16-29-21-23)20-22-9-12-24(13-10-22)32-28-8-2-1-7-26(28)27(30-32)15-19-31-17-3-4-18-31/h1-2,5-10,12-13,16,21H,3-4,11,14-15,17-20H2. The summed E-state index contributed by atoms with van der Waals surface area (Å²) in [6.07, 6.45) is 8.92. The third-order valence-corrected chi connectivity index (χ3v) is 6.52. The van der Waals surface area contributed by atoms with Crippen molar-refractivity contribution in [1.82, 2.24) is 19.7 Å². The SMILES string of the molecule is O=C(CCc1cccnc1)Cc1ccc(-n2nc(CCN3CCCC3)c3ccccc32)cc1. The molecule has 0 bridgehead atoms. The molecule has 5 nitrogen and oxygen atoms in total. The first-order valence-corrected chi connectivity index (χ1v) is 12.0. The number of ketones is 1. The average molecular weight is 439 g/mol. The highest BCUT2D eigenvalue weighted by Gasteiger charge is 2.15. The monoisotopic (exact) mass is 438 g/mol. The fraction of sp³-hybridized carbons (Fsp3) is 0.321. The third-order valence-electron chi connectivity index (χ3n) is 6.52. The molecule has 0 aliphatic carbocycles. The Bertz CT molecular complexity index is 1210. The van der Waals surface area contributed by atoms with Gasteiger partial charge >= 0.3 is 0 Å². The number of para-hydroxylation sites is 1. The molecule has 0 N–H and O–H groups in total. The largest absolute Gasteiger partial charge is 0.303 e. The number of nitrogens with zero attached hydrogens (tertiary/aromatic N) is 4. The van der Waals surface area contributed by atoms with Crippen molar-refractivity contribution in [2.75, 3.05) is 19.6 Å². The fourth-order valence-electron chi connectivity index (χ4n) is 4.68. The minimum absolute atomic E-state index is 0.250. The Hall–Kier alpha value is -3.31. The van der Waals surface area contributed by atoms with Crippen LogP contribution in [0.4, 0.5) is 0 Å². The number of hydrogen-bond donors (Lipinski definition) is 0. The van der Waals surface area contributed by atoms with Gasteiger partial charge in [-0.2, -0.15) is 5.10 Å². The van der Waals surface area contributed by atoms with Crippen LogP contribution in [0.2, 0.25) is 0 Å². The van der Waals surface area contributed by atoms with Crippen molar-refractivity contribution >= 4 is 16.7 Å². The van der Waals surface area contributed by atoms with E-state index in [1.54, 1.807) is 6.20 Å². The van der Waals surface area contributed by atoms with Crippen LogP contribution in [0.5, 0.6) is 0 Å². The number of carbonyl (C=O) groups excluding carboxylic acids is 1. The number of hydrogen-bond acceptors (Lipinski definition) is 4. The zero-order valence-electron chi connectivity index (χ0n) is 19.0. The molecule has 1 fully saturated rings. The van der Waals surface area contributed by atoms with E-state index in [0.29, 0.717) is 12.8 Å². The molecule has 1 saturated heterocycles. The number of pyridine rings is 1. The second-order valence-electron chi connectivity index (χ2n) is 8.92. The lowest BCUT2D eigenvalue weighted by atomic mass is 10.0. The highest BCUT2D eigenvalue weighted by atomic mass is 16.1. The molecule has 0 unspecified atom stereocenters. The lowest BCUT2D eigenvalue weighted by molar-refractivity contribution is -0.118. The summed E-state index contributed by atoms with van der Waals surface area (Å²) in [5.74, 6) is 0.250. The number of aryl methyl sites for hydroxylation is 1. The first kappa shape index (κ1) is 21.5. The molecular weight excluding hydrogens is 408 g/mol. The van der Waals surface area contributed by atoms with E-state index in [4.69, 9.17) is 5.10 Å². The minimum Gasteiger partial charge on any atom is -0.303 e. The maximum absolute atomic E-state index is 12.5. The minimum atomic E-state index is 0.250. The predicted molar refractivity (Wildman–Crippen MR) is 132 cm³/mol. The van der Waals surface area contributed by atoms with E-state index >= 15 is 0 Å². The summed E-state index contributed by atoms with van der Waals surface area (Å²) in [5, 5.41) is 6.22. The van der Waals surface area contributed by atoms with Crippen LogP contribution in [0.1, 0.15) is 36.1 Å². The molecule has 0 atom stereocenters. The Morgan fingerprint density at radius 2 is 1.70 bits per heavy atom. The van der Waals surface area contributed by atoms with Gasteiger partial charge in [0.25, 0.3) is 0 Å². The van der Waals surface area contributed by atoms with Crippen molar-refractivity contribution in [3.8, 4) is 5.69 Å². The van der Waals surface area contributed by atoms with Crippen LogP contribution < -0.4 is 0 Å². The molecule has 4 aromatic rings. The van der Waals surface area contributed by atoms with E-state index in [0.717, 1.165) is 47.4 Å². The molecule has 3 heterocycles. The highest BCUT2D eigenvalue weighted by Crippen LogP contribution is 2.23. The topological polar surface area (TPSA) is 51.0 Å². The molecule has 0 spiro atoms. The van der Waals surface area contributed by atoms with Gasteiger partial charge in [0.2, 0.25) is 0 Å². The van der Waals surface area contributed by atoms with Crippen LogP contribution in [0.15, 0.2) is 73.1 Å². The number of fused-ring (bicyclic) bond motifs is 1. The van der Waals surface area contributed by atoms with E-state index in [9.17, 15) is 4.79 Å². The Balaban J connectivity index is 1.27.